The highest BCUT2D eigenvalue weighted by atomic mass is 35.5. The number of imidazole rings is 1. The van der Waals surface area contributed by atoms with Crippen LogP contribution in [0.5, 0.6) is 6.01 Å². The Morgan fingerprint density at radius 3 is 2.66 bits per heavy atom. The van der Waals surface area contributed by atoms with Crippen LogP contribution in [-0.4, -0.2) is 72.3 Å². The number of ether oxygens (including phenoxy) is 5. The van der Waals surface area contributed by atoms with E-state index in [9.17, 15) is 13.6 Å². The second-order valence-electron chi connectivity index (χ2n) is 7.96. The van der Waals surface area contributed by atoms with Crippen molar-refractivity contribution in [1.29, 1.82) is 0 Å². The molecule has 10 nitrogen and oxygen atoms in total. The number of hydrogen-bond acceptors (Lipinski definition) is 9. The Balaban J connectivity index is 1.25. The van der Waals surface area contributed by atoms with Crippen molar-refractivity contribution in [3.8, 4) is 6.01 Å². The average Bonchev–Trinajstić information content (AvgIpc) is 3.53. The molecule has 0 aliphatic carbocycles. The number of hydrogen-bond donors (Lipinski definition) is 2. The predicted molar refractivity (Wildman–Crippen MR) is 118 cm³/mol. The van der Waals surface area contributed by atoms with Crippen LogP contribution in [0.4, 0.5) is 14.6 Å². The van der Waals surface area contributed by atoms with Crippen LogP contribution in [-0.2, 0) is 30.3 Å². The number of pyridine rings is 1. The number of carbonyl (C=O) groups is 1. The Kier molecular flexibility index (Phi) is 6.69. The zero-order valence-electron chi connectivity index (χ0n) is 18.4. The number of aromatic amines is 1. The van der Waals surface area contributed by atoms with Crippen LogP contribution < -0.4 is 10.1 Å². The lowest BCUT2D eigenvalue weighted by Gasteiger charge is -2.16. The van der Waals surface area contributed by atoms with Crippen LogP contribution in [0.2, 0.25) is 5.02 Å². The molecule has 0 spiro atoms. The summed E-state index contributed by atoms with van der Waals surface area (Å²) >= 11 is 6.29. The van der Waals surface area contributed by atoms with Gasteiger partial charge in [0.1, 0.15) is 42.4 Å². The molecule has 0 saturated carbocycles. The fraction of sp³-hybridized carbons (Fsp3) is 0.409. The number of nitrogens with one attached hydrogen (secondary N) is 2. The molecule has 0 radical (unpaired) electrons. The van der Waals surface area contributed by atoms with E-state index in [2.05, 4.69) is 25.0 Å². The molecule has 4 atom stereocenters. The minimum atomic E-state index is -0.672. The lowest BCUT2D eigenvalue weighted by Crippen LogP contribution is -2.36. The predicted octanol–water partition coefficient (Wildman–Crippen LogP) is 2.60. The first kappa shape index (κ1) is 23.7. The number of esters is 1. The van der Waals surface area contributed by atoms with Gasteiger partial charge in [0.2, 0.25) is 0 Å². The number of anilines is 1. The number of methoxy groups -OCH3 is 1. The maximum absolute atomic E-state index is 13.9. The molecule has 2 aromatic heterocycles. The lowest BCUT2D eigenvalue weighted by molar-refractivity contribution is -0.150. The highest BCUT2D eigenvalue weighted by molar-refractivity contribution is 6.33. The summed E-state index contributed by atoms with van der Waals surface area (Å²) in [7, 11) is 1.28. The molecule has 2 N–H and O–H groups in total. The van der Waals surface area contributed by atoms with Crippen molar-refractivity contribution < 1.29 is 37.3 Å². The molecule has 5 rings (SSSR count). The minimum absolute atomic E-state index is 0.127. The van der Waals surface area contributed by atoms with Crippen LogP contribution >= 0.6 is 11.6 Å². The number of fused-ring (bicyclic) bond motifs is 2. The van der Waals surface area contributed by atoms with Crippen molar-refractivity contribution in [3.63, 3.8) is 0 Å². The summed E-state index contributed by atoms with van der Waals surface area (Å²) < 4.78 is 55.4. The Morgan fingerprint density at radius 2 is 1.91 bits per heavy atom. The fourth-order valence-electron chi connectivity index (χ4n) is 4.00. The Hall–Kier alpha value is -3.06. The number of rotatable bonds is 8. The third-order valence-electron chi connectivity index (χ3n) is 5.77. The first-order chi connectivity index (χ1) is 16.9. The van der Waals surface area contributed by atoms with E-state index >= 15 is 0 Å². The molecular weight excluding hydrogens is 490 g/mol. The molecule has 4 heterocycles. The summed E-state index contributed by atoms with van der Waals surface area (Å²) in [4.78, 5) is 23.0. The average molecular weight is 511 g/mol. The van der Waals surface area contributed by atoms with Crippen LogP contribution in [0.25, 0.3) is 11.2 Å². The van der Waals surface area contributed by atoms with E-state index in [1.165, 1.54) is 25.3 Å². The second kappa shape index (κ2) is 9.90. The zero-order valence-corrected chi connectivity index (χ0v) is 19.2. The molecular formula is C22H21ClF2N4O6. The molecule has 2 saturated heterocycles. The summed E-state index contributed by atoms with van der Waals surface area (Å²) in [6.07, 6.45) is -1.69. The maximum atomic E-state index is 13.9. The van der Waals surface area contributed by atoms with Gasteiger partial charge >= 0.3 is 5.97 Å². The molecule has 2 aliphatic rings. The van der Waals surface area contributed by atoms with Crippen molar-refractivity contribution in [2.45, 2.75) is 31.0 Å². The number of halogens is 3. The Bertz CT molecular complexity index is 1220. The lowest BCUT2D eigenvalue weighted by atomic mass is 10.1. The number of nitrogens with zero attached hydrogens (tertiary/aromatic N) is 2. The van der Waals surface area contributed by atoms with E-state index in [0.29, 0.717) is 11.2 Å². The third-order valence-corrected chi connectivity index (χ3v) is 6.06. The van der Waals surface area contributed by atoms with Gasteiger partial charge in [-0.2, -0.15) is 4.98 Å². The smallest absolute Gasteiger partial charge is 0.331 e. The molecule has 0 amide bonds. The van der Waals surface area contributed by atoms with Gasteiger partial charge in [-0.15, -0.1) is 0 Å². The molecule has 1 aromatic carbocycles. The Labute approximate surface area is 202 Å². The van der Waals surface area contributed by atoms with Gasteiger partial charge in [-0.05, 0) is 18.2 Å². The van der Waals surface area contributed by atoms with Gasteiger partial charge in [0.05, 0.1) is 30.9 Å². The minimum Gasteiger partial charge on any atom is -0.467 e. The van der Waals surface area contributed by atoms with Crippen LogP contribution in [0.15, 0.2) is 24.3 Å². The SMILES string of the molecule is COC(=O)CO[C@@H]1COC2C1OC[C@H]2Oc1nc2nc(NCc3c(F)cccc3F)c(Cl)cc2[nH]1. The van der Waals surface area contributed by atoms with Crippen molar-refractivity contribution in [1.82, 2.24) is 15.0 Å². The van der Waals surface area contributed by atoms with Crippen molar-refractivity contribution in [2.75, 3.05) is 32.2 Å². The maximum Gasteiger partial charge on any atom is 0.331 e. The molecule has 3 aromatic rings. The zero-order chi connectivity index (χ0) is 24.5. The van der Waals surface area contributed by atoms with E-state index < -0.39 is 42.0 Å². The van der Waals surface area contributed by atoms with Gasteiger partial charge in [-0.1, -0.05) is 17.7 Å². The van der Waals surface area contributed by atoms with E-state index in [1.54, 1.807) is 6.07 Å². The van der Waals surface area contributed by atoms with E-state index in [0.717, 1.165) is 0 Å². The van der Waals surface area contributed by atoms with Gasteiger partial charge in [-0.3, -0.25) is 0 Å². The van der Waals surface area contributed by atoms with E-state index in [1.807, 2.05) is 0 Å². The Morgan fingerprint density at radius 1 is 1.20 bits per heavy atom. The molecule has 0 bridgehead atoms. The molecule has 13 heteroatoms. The van der Waals surface area contributed by atoms with Crippen LogP contribution in [0.1, 0.15) is 5.56 Å². The van der Waals surface area contributed by atoms with Crippen molar-refractivity contribution >= 4 is 34.6 Å². The largest absolute Gasteiger partial charge is 0.467 e. The highest BCUT2D eigenvalue weighted by Crippen LogP contribution is 2.32. The van der Waals surface area contributed by atoms with Crippen molar-refractivity contribution in [2.24, 2.45) is 0 Å². The molecule has 186 valence electrons. The van der Waals surface area contributed by atoms with Gasteiger partial charge in [0, 0.05) is 12.1 Å². The van der Waals surface area contributed by atoms with Crippen molar-refractivity contribution in [3.05, 3.63) is 46.5 Å². The van der Waals surface area contributed by atoms with Gasteiger partial charge < -0.3 is 34.0 Å². The highest BCUT2D eigenvalue weighted by Gasteiger charge is 2.50. The quantitative estimate of drug-likeness (QED) is 0.441. The van der Waals surface area contributed by atoms with Gasteiger partial charge in [-0.25, -0.2) is 18.6 Å². The van der Waals surface area contributed by atoms with E-state index in [4.69, 9.17) is 30.5 Å². The first-order valence-corrected chi connectivity index (χ1v) is 11.1. The third kappa shape index (κ3) is 4.87. The first-order valence-electron chi connectivity index (χ1n) is 10.7. The molecule has 2 fully saturated rings. The fourth-order valence-corrected chi connectivity index (χ4v) is 4.22. The standard InChI is InChI=1S/C22H21ClF2N4O6/c1-31-17(30)9-32-15-7-33-19-16(8-34-18(15)19)35-22-27-14-5-11(23)20(28-21(14)29-22)26-6-10-12(24)3-2-4-13(10)25/h2-5,15-16,18-19H,6-9H2,1H3,(H2,26,27,28,29)/t15-,16-,18?,19?/m1/s1. The second-order valence-corrected chi connectivity index (χ2v) is 8.37. The summed E-state index contributed by atoms with van der Waals surface area (Å²) in [5, 5.41) is 3.07. The van der Waals surface area contributed by atoms with Gasteiger partial charge in [0.15, 0.2) is 11.8 Å². The van der Waals surface area contributed by atoms with E-state index in [-0.39, 0.29) is 48.8 Å². The molecule has 35 heavy (non-hydrogen) atoms. The summed E-state index contributed by atoms with van der Waals surface area (Å²) in [6.45, 7) is 0.142. The number of H-pyrrole nitrogens is 1. The van der Waals surface area contributed by atoms with Crippen LogP contribution in [0, 0.1) is 11.6 Å². The number of aromatic nitrogens is 3. The summed E-state index contributed by atoms with van der Waals surface area (Å²) in [6, 6.07) is 5.40. The topological polar surface area (TPSA) is 117 Å². The number of benzene rings is 1. The number of carbonyl (C=O) groups excluding carboxylic acids is 1. The van der Waals surface area contributed by atoms with Gasteiger partial charge in [0.25, 0.3) is 6.01 Å². The normalized spacial score (nSPS) is 23.4. The summed E-state index contributed by atoms with van der Waals surface area (Å²) in [5.41, 5.74) is 0.676. The summed E-state index contributed by atoms with van der Waals surface area (Å²) in [5.74, 6) is -1.61. The monoisotopic (exact) mass is 510 g/mol. The molecule has 2 unspecified atom stereocenters. The van der Waals surface area contributed by atoms with Crippen LogP contribution in [0.3, 0.4) is 0 Å². The molecule has 2 aliphatic heterocycles.